The zero-order chi connectivity index (χ0) is 23.5. The predicted molar refractivity (Wildman–Crippen MR) is 131 cm³/mol. The van der Waals surface area contributed by atoms with Crippen molar-refractivity contribution in [1.29, 1.82) is 0 Å². The lowest BCUT2D eigenvalue weighted by atomic mass is 10.1. The van der Waals surface area contributed by atoms with Gasteiger partial charge < -0.3 is 19.4 Å². The molecule has 2 aliphatic heterocycles. The van der Waals surface area contributed by atoms with E-state index in [1.807, 2.05) is 47.4 Å². The number of ether oxygens (including phenoxy) is 1. The Hall–Kier alpha value is -3.52. The summed E-state index contributed by atoms with van der Waals surface area (Å²) in [6.45, 7) is 4.55. The van der Waals surface area contributed by atoms with E-state index in [-0.39, 0.29) is 11.9 Å². The molecular weight excluding hydrogens is 428 g/mol. The van der Waals surface area contributed by atoms with Crippen molar-refractivity contribution in [2.45, 2.75) is 18.9 Å². The standard InChI is InChI=1S/C26H30N6O2/c1-30-13-15-31(16-14-30)24-18-20(8-10-27-24)26(33)32-12-4-7-23(32)22-9-11-28-25(29-22)19-5-3-6-21(17-19)34-2/h3,5-6,8-11,17-18,23H,4,7,12-16H2,1-2H3/t23-/m0/s1. The minimum absolute atomic E-state index is 0.0295. The SMILES string of the molecule is COc1cccc(-c2nccc([C@@H]3CCCN3C(=O)c3ccnc(N4CCN(C)CC4)c3)n2)c1. The molecule has 8 heteroatoms. The molecule has 2 aliphatic rings. The molecule has 0 bridgehead atoms. The van der Waals surface area contributed by atoms with Gasteiger partial charge in [0.2, 0.25) is 0 Å². The Morgan fingerprint density at radius 1 is 1.00 bits per heavy atom. The number of carbonyl (C=O) groups excluding carboxylic acids is 1. The summed E-state index contributed by atoms with van der Waals surface area (Å²) in [6, 6.07) is 13.3. The first-order chi connectivity index (χ1) is 16.6. The predicted octanol–water partition coefficient (Wildman–Crippen LogP) is 3.28. The largest absolute Gasteiger partial charge is 0.497 e. The molecule has 8 nitrogen and oxygen atoms in total. The van der Waals surface area contributed by atoms with Gasteiger partial charge in [0, 0.05) is 56.2 Å². The second-order valence-corrected chi connectivity index (χ2v) is 8.89. The van der Waals surface area contributed by atoms with Crippen LogP contribution in [0.5, 0.6) is 5.75 Å². The van der Waals surface area contributed by atoms with Gasteiger partial charge in [-0.3, -0.25) is 4.79 Å². The van der Waals surface area contributed by atoms with Gasteiger partial charge in [-0.05, 0) is 50.2 Å². The second-order valence-electron chi connectivity index (χ2n) is 8.89. The highest BCUT2D eigenvalue weighted by molar-refractivity contribution is 5.95. The van der Waals surface area contributed by atoms with Crippen LogP contribution in [0.1, 0.15) is 34.9 Å². The quantitative estimate of drug-likeness (QED) is 0.581. The molecule has 1 amide bonds. The molecule has 34 heavy (non-hydrogen) atoms. The van der Waals surface area contributed by atoms with Crippen LogP contribution < -0.4 is 9.64 Å². The zero-order valence-corrected chi connectivity index (χ0v) is 19.7. The molecule has 176 valence electrons. The average Bonchev–Trinajstić information content (AvgIpc) is 3.39. The number of aromatic nitrogens is 3. The van der Waals surface area contributed by atoms with Crippen molar-refractivity contribution < 1.29 is 9.53 Å². The highest BCUT2D eigenvalue weighted by Gasteiger charge is 2.32. The Kier molecular flexibility index (Phi) is 6.40. The van der Waals surface area contributed by atoms with Gasteiger partial charge >= 0.3 is 0 Å². The molecule has 1 atom stereocenters. The first-order valence-electron chi connectivity index (χ1n) is 11.8. The summed E-state index contributed by atoms with van der Waals surface area (Å²) in [4.78, 5) is 33.9. The van der Waals surface area contributed by atoms with Crippen LogP contribution in [-0.2, 0) is 0 Å². The van der Waals surface area contributed by atoms with Crippen molar-refractivity contribution in [2.24, 2.45) is 0 Å². The highest BCUT2D eigenvalue weighted by atomic mass is 16.5. The van der Waals surface area contributed by atoms with Gasteiger partial charge in [-0.2, -0.15) is 0 Å². The number of rotatable bonds is 5. The molecule has 5 rings (SSSR count). The van der Waals surface area contributed by atoms with Crippen LogP contribution >= 0.6 is 0 Å². The van der Waals surface area contributed by atoms with Crippen molar-refractivity contribution in [3.8, 4) is 17.1 Å². The van der Waals surface area contributed by atoms with Gasteiger partial charge in [0.25, 0.3) is 5.91 Å². The molecule has 0 N–H and O–H groups in total. The Labute approximate surface area is 200 Å². The number of piperazine rings is 1. The van der Waals surface area contributed by atoms with Crippen molar-refractivity contribution in [2.75, 3.05) is 51.8 Å². The first-order valence-corrected chi connectivity index (χ1v) is 11.8. The zero-order valence-electron chi connectivity index (χ0n) is 19.7. The van der Waals surface area contributed by atoms with Crippen molar-refractivity contribution in [3.63, 3.8) is 0 Å². The number of hydrogen-bond donors (Lipinski definition) is 0. The number of nitrogens with zero attached hydrogens (tertiary/aromatic N) is 6. The molecule has 3 aromatic rings. The fourth-order valence-electron chi connectivity index (χ4n) is 4.70. The van der Waals surface area contributed by atoms with Crippen LogP contribution in [-0.4, -0.2) is 77.5 Å². The monoisotopic (exact) mass is 458 g/mol. The molecular formula is C26H30N6O2. The molecule has 0 radical (unpaired) electrons. The van der Waals surface area contributed by atoms with Crippen LogP contribution in [0.3, 0.4) is 0 Å². The van der Waals surface area contributed by atoms with Gasteiger partial charge in [0.05, 0.1) is 18.8 Å². The van der Waals surface area contributed by atoms with E-state index < -0.39 is 0 Å². The molecule has 2 aromatic heterocycles. The van der Waals surface area contributed by atoms with Gasteiger partial charge in [-0.15, -0.1) is 0 Å². The summed E-state index contributed by atoms with van der Waals surface area (Å²) < 4.78 is 5.34. The van der Waals surface area contributed by atoms with Crippen LogP contribution in [0.25, 0.3) is 11.4 Å². The van der Waals surface area contributed by atoms with E-state index in [9.17, 15) is 4.79 Å². The summed E-state index contributed by atoms with van der Waals surface area (Å²) >= 11 is 0. The van der Waals surface area contributed by atoms with E-state index >= 15 is 0 Å². The van der Waals surface area contributed by atoms with E-state index in [1.54, 1.807) is 19.5 Å². The third kappa shape index (κ3) is 4.59. The summed E-state index contributed by atoms with van der Waals surface area (Å²) in [5.74, 6) is 2.30. The Bertz CT molecular complexity index is 1160. The number of carbonyl (C=O) groups is 1. The number of anilines is 1. The van der Waals surface area contributed by atoms with E-state index in [4.69, 9.17) is 9.72 Å². The molecule has 0 saturated carbocycles. The fourth-order valence-corrected chi connectivity index (χ4v) is 4.70. The number of benzene rings is 1. The summed E-state index contributed by atoms with van der Waals surface area (Å²) in [5.41, 5.74) is 2.44. The maximum Gasteiger partial charge on any atom is 0.254 e. The van der Waals surface area contributed by atoms with E-state index in [0.29, 0.717) is 17.9 Å². The molecule has 0 spiro atoms. The average molecular weight is 459 g/mol. The van der Waals surface area contributed by atoms with Crippen molar-refractivity contribution in [1.82, 2.24) is 24.8 Å². The summed E-state index contributed by atoms with van der Waals surface area (Å²) in [7, 11) is 3.78. The van der Waals surface area contributed by atoms with E-state index in [0.717, 1.165) is 61.8 Å². The third-order valence-corrected chi connectivity index (χ3v) is 6.68. The van der Waals surface area contributed by atoms with Crippen molar-refractivity contribution in [3.05, 3.63) is 66.1 Å². The molecule has 2 saturated heterocycles. The molecule has 0 aliphatic carbocycles. The number of hydrogen-bond acceptors (Lipinski definition) is 7. The Balaban J connectivity index is 1.37. The van der Waals surface area contributed by atoms with Gasteiger partial charge in [0.1, 0.15) is 11.6 Å². The maximum atomic E-state index is 13.6. The van der Waals surface area contributed by atoms with Crippen LogP contribution in [0.4, 0.5) is 5.82 Å². The minimum Gasteiger partial charge on any atom is -0.497 e. The van der Waals surface area contributed by atoms with Crippen molar-refractivity contribution >= 4 is 11.7 Å². The molecule has 1 aromatic carbocycles. The van der Waals surface area contributed by atoms with Gasteiger partial charge in [-0.1, -0.05) is 12.1 Å². The smallest absolute Gasteiger partial charge is 0.254 e. The number of pyridine rings is 1. The first kappa shape index (κ1) is 22.3. The fraction of sp³-hybridized carbons (Fsp3) is 0.385. The third-order valence-electron chi connectivity index (χ3n) is 6.68. The van der Waals surface area contributed by atoms with Gasteiger partial charge in [-0.25, -0.2) is 15.0 Å². The summed E-state index contributed by atoms with van der Waals surface area (Å²) in [6.07, 6.45) is 5.36. The lowest BCUT2D eigenvalue weighted by Crippen LogP contribution is -2.44. The molecule has 4 heterocycles. The Morgan fingerprint density at radius 3 is 2.65 bits per heavy atom. The number of likely N-dealkylation sites (N-methyl/N-ethyl adjacent to an activating group) is 1. The number of likely N-dealkylation sites (tertiary alicyclic amines) is 1. The number of amides is 1. The topological polar surface area (TPSA) is 74.7 Å². The van der Waals surface area contributed by atoms with Crippen LogP contribution in [0, 0.1) is 0 Å². The lowest BCUT2D eigenvalue weighted by Gasteiger charge is -2.33. The van der Waals surface area contributed by atoms with Gasteiger partial charge in [0.15, 0.2) is 5.82 Å². The minimum atomic E-state index is -0.0693. The van der Waals surface area contributed by atoms with E-state index in [2.05, 4.69) is 26.8 Å². The lowest BCUT2D eigenvalue weighted by molar-refractivity contribution is 0.0732. The number of methoxy groups -OCH3 is 1. The maximum absolute atomic E-state index is 13.6. The summed E-state index contributed by atoms with van der Waals surface area (Å²) in [5, 5.41) is 0. The highest BCUT2D eigenvalue weighted by Crippen LogP contribution is 2.33. The second kappa shape index (κ2) is 9.77. The molecule has 0 unspecified atom stereocenters. The van der Waals surface area contributed by atoms with E-state index in [1.165, 1.54) is 0 Å². The Morgan fingerprint density at radius 2 is 1.82 bits per heavy atom. The molecule has 2 fully saturated rings. The van der Waals surface area contributed by atoms with Crippen LogP contribution in [0.15, 0.2) is 54.9 Å². The van der Waals surface area contributed by atoms with Crippen LogP contribution in [0.2, 0.25) is 0 Å². The normalized spacial score (nSPS) is 18.8.